The molecule has 0 spiro atoms. The van der Waals surface area contributed by atoms with Gasteiger partial charge in [0.2, 0.25) is 0 Å². The molecule has 2 aromatic heterocycles. The van der Waals surface area contributed by atoms with Crippen LogP contribution in [0.2, 0.25) is 0 Å². The minimum absolute atomic E-state index is 0.0522. The third-order valence-electron chi connectivity index (χ3n) is 3.81. The topological polar surface area (TPSA) is 62.0 Å². The summed E-state index contributed by atoms with van der Waals surface area (Å²) in [5, 5.41) is 5.51. The summed E-state index contributed by atoms with van der Waals surface area (Å²) in [6.45, 7) is 3.87. The summed E-state index contributed by atoms with van der Waals surface area (Å²) >= 11 is 1.46. The molecule has 4 nitrogen and oxygen atoms in total. The van der Waals surface area contributed by atoms with E-state index in [-0.39, 0.29) is 11.7 Å². The predicted molar refractivity (Wildman–Crippen MR) is 79.5 cm³/mol. The number of hydrogen-bond acceptors (Lipinski definition) is 3. The third kappa shape index (κ3) is 2.08. The molecular weight excluding hydrogens is 272 g/mol. The molecule has 0 unspecified atom stereocenters. The van der Waals surface area contributed by atoms with E-state index in [2.05, 4.69) is 10.3 Å². The molecule has 0 bridgehead atoms. The highest BCUT2D eigenvalue weighted by molar-refractivity contribution is 7.14. The van der Waals surface area contributed by atoms with Crippen LogP contribution < -0.4 is 5.32 Å². The number of nitrogens with one attached hydrogen (secondary N) is 2. The van der Waals surface area contributed by atoms with E-state index in [1.807, 2.05) is 31.4 Å². The number of rotatable bonds is 2. The van der Waals surface area contributed by atoms with Crippen molar-refractivity contribution in [2.24, 2.45) is 5.41 Å². The van der Waals surface area contributed by atoms with E-state index >= 15 is 0 Å². The zero-order chi connectivity index (χ0) is 14.3. The molecule has 5 heteroatoms. The number of fused-ring (bicyclic) bond motifs is 1. The van der Waals surface area contributed by atoms with Gasteiger partial charge in [0.25, 0.3) is 5.91 Å². The van der Waals surface area contributed by atoms with Crippen molar-refractivity contribution in [1.29, 1.82) is 0 Å². The highest BCUT2D eigenvalue weighted by Crippen LogP contribution is 2.36. The van der Waals surface area contributed by atoms with Gasteiger partial charge in [-0.15, -0.1) is 11.3 Å². The van der Waals surface area contributed by atoms with Crippen LogP contribution in [0.3, 0.4) is 0 Å². The summed E-state index contributed by atoms with van der Waals surface area (Å²) in [5.74, 6) is -0.174. The molecule has 2 N–H and O–H groups in total. The van der Waals surface area contributed by atoms with Gasteiger partial charge in [-0.3, -0.25) is 9.59 Å². The van der Waals surface area contributed by atoms with Crippen molar-refractivity contribution in [3.63, 3.8) is 0 Å². The number of aromatic nitrogens is 1. The molecule has 0 aliphatic heterocycles. The normalized spacial score (nSPS) is 16.8. The fourth-order valence-electron chi connectivity index (χ4n) is 2.52. The summed E-state index contributed by atoms with van der Waals surface area (Å²) < 4.78 is 0. The van der Waals surface area contributed by atoms with Crippen molar-refractivity contribution in [3.8, 4) is 0 Å². The number of carbonyl (C=O) groups is 2. The summed E-state index contributed by atoms with van der Waals surface area (Å²) in [5.41, 5.74) is 1.50. The number of amides is 1. The van der Waals surface area contributed by atoms with E-state index < -0.39 is 5.41 Å². The molecule has 3 rings (SSSR count). The number of H-pyrrole nitrogens is 1. The lowest BCUT2D eigenvalue weighted by Gasteiger charge is -2.28. The van der Waals surface area contributed by atoms with Crippen LogP contribution >= 0.6 is 11.3 Å². The number of aryl methyl sites for hydroxylation is 1. The second-order valence-corrected chi connectivity index (χ2v) is 6.65. The molecular formula is C15H16N2O2S. The van der Waals surface area contributed by atoms with Gasteiger partial charge in [-0.05, 0) is 30.4 Å². The van der Waals surface area contributed by atoms with E-state index in [4.69, 9.17) is 0 Å². The van der Waals surface area contributed by atoms with Gasteiger partial charge in [-0.25, -0.2) is 0 Å². The largest absolute Gasteiger partial charge is 0.364 e. The maximum atomic E-state index is 12.5. The number of aromatic amines is 1. The van der Waals surface area contributed by atoms with Crippen LogP contribution in [0.5, 0.6) is 0 Å². The third-order valence-corrected chi connectivity index (χ3v) is 4.59. The number of thiophene rings is 1. The van der Waals surface area contributed by atoms with Gasteiger partial charge < -0.3 is 10.3 Å². The fourth-order valence-corrected chi connectivity index (χ4v) is 3.13. The van der Waals surface area contributed by atoms with Gasteiger partial charge in [-0.2, -0.15) is 0 Å². The number of anilines is 1. The lowest BCUT2D eigenvalue weighted by atomic mass is 9.74. The van der Waals surface area contributed by atoms with Crippen LogP contribution in [0.1, 0.15) is 46.7 Å². The van der Waals surface area contributed by atoms with Gasteiger partial charge in [-0.1, -0.05) is 13.8 Å². The first kappa shape index (κ1) is 13.1. The molecule has 1 aliphatic rings. The number of carbonyl (C=O) groups excluding carboxylic acids is 2. The highest BCUT2D eigenvalue weighted by atomic mass is 32.1. The Morgan fingerprint density at radius 3 is 2.95 bits per heavy atom. The second-order valence-electron chi connectivity index (χ2n) is 5.70. The molecule has 0 atom stereocenters. The molecule has 0 aromatic carbocycles. The highest BCUT2D eigenvalue weighted by Gasteiger charge is 2.37. The molecule has 0 saturated heterocycles. The fraction of sp³-hybridized carbons (Fsp3) is 0.333. The first-order valence-electron chi connectivity index (χ1n) is 6.59. The SMILES string of the molecule is CC1(C)CCc2[nH]cc(C(=O)Nc3cccs3)c2C1=O. The number of hydrogen-bond donors (Lipinski definition) is 2. The smallest absolute Gasteiger partial charge is 0.258 e. The van der Waals surface area contributed by atoms with Crippen molar-refractivity contribution in [1.82, 2.24) is 4.98 Å². The van der Waals surface area contributed by atoms with Crippen molar-refractivity contribution >= 4 is 28.0 Å². The number of Topliss-reactive ketones (excluding diaryl/α,β-unsaturated/α-hetero) is 1. The monoisotopic (exact) mass is 288 g/mol. The summed E-state index contributed by atoms with van der Waals surface area (Å²) in [7, 11) is 0. The van der Waals surface area contributed by atoms with Gasteiger partial charge in [0, 0.05) is 17.3 Å². The van der Waals surface area contributed by atoms with Crippen LogP contribution in [-0.4, -0.2) is 16.7 Å². The second kappa shape index (κ2) is 4.59. The number of ketones is 1. The lowest BCUT2D eigenvalue weighted by Crippen LogP contribution is -2.31. The Morgan fingerprint density at radius 1 is 1.45 bits per heavy atom. The molecule has 1 amide bonds. The zero-order valence-corrected chi connectivity index (χ0v) is 12.3. The van der Waals surface area contributed by atoms with Crippen LogP contribution in [-0.2, 0) is 6.42 Å². The van der Waals surface area contributed by atoms with Crippen LogP contribution in [0.25, 0.3) is 0 Å². The quantitative estimate of drug-likeness (QED) is 0.888. The molecule has 1 aliphatic carbocycles. The Labute approximate surface area is 121 Å². The molecule has 2 aromatic rings. The minimum atomic E-state index is -0.396. The maximum Gasteiger partial charge on any atom is 0.258 e. The Bertz CT molecular complexity index is 668. The van der Waals surface area contributed by atoms with Gasteiger partial charge >= 0.3 is 0 Å². The Kier molecular flexibility index (Phi) is 3.01. The summed E-state index contributed by atoms with van der Waals surface area (Å²) in [6.07, 6.45) is 3.26. The summed E-state index contributed by atoms with van der Waals surface area (Å²) in [6, 6.07) is 3.72. The van der Waals surface area contributed by atoms with Crippen LogP contribution in [0, 0.1) is 5.41 Å². The predicted octanol–water partition coefficient (Wildman–Crippen LogP) is 3.48. The Balaban J connectivity index is 1.95. The van der Waals surface area contributed by atoms with Crippen molar-refractivity contribution < 1.29 is 9.59 Å². The maximum absolute atomic E-state index is 12.5. The molecule has 20 heavy (non-hydrogen) atoms. The zero-order valence-electron chi connectivity index (χ0n) is 11.4. The minimum Gasteiger partial charge on any atom is -0.364 e. The standard InChI is InChI=1S/C15H16N2O2S/c1-15(2)6-5-10-12(13(15)18)9(8-16-10)14(19)17-11-4-3-7-20-11/h3-4,7-8,16H,5-6H2,1-2H3,(H,17,19). The van der Waals surface area contributed by atoms with Gasteiger partial charge in [0.15, 0.2) is 5.78 Å². The van der Waals surface area contributed by atoms with Crippen molar-refractivity contribution in [2.75, 3.05) is 5.32 Å². The average molecular weight is 288 g/mol. The molecule has 0 fully saturated rings. The van der Waals surface area contributed by atoms with E-state index in [1.165, 1.54) is 11.3 Å². The molecule has 0 saturated carbocycles. The first-order valence-corrected chi connectivity index (χ1v) is 7.47. The average Bonchev–Trinajstić information content (AvgIpc) is 3.02. The van der Waals surface area contributed by atoms with Crippen molar-refractivity contribution in [2.45, 2.75) is 26.7 Å². The van der Waals surface area contributed by atoms with E-state index in [1.54, 1.807) is 6.20 Å². The summed E-state index contributed by atoms with van der Waals surface area (Å²) in [4.78, 5) is 27.9. The van der Waals surface area contributed by atoms with Crippen molar-refractivity contribution in [3.05, 3.63) is 40.5 Å². The Morgan fingerprint density at radius 2 is 2.25 bits per heavy atom. The van der Waals surface area contributed by atoms with Crippen LogP contribution in [0.4, 0.5) is 5.00 Å². The van der Waals surface area contributed by atoms with Gasteiger partial charge in [0.05, 0.1) is 16.1 Å². The lowest BCUT2D eigenvalue weighted by molar-refractivity contribution is 0.0805. The van der Waals surface area contributed by atoms with Gasteiger partial charge in [0.1, 0.15) is 0 Å². The van der Waals surface area contributed by atoms with Crippen LogP contribution in [0.15, 0.2) is 23.7 Å². The first-order chi connectivity index (χ1) is 9.49. The molecule has 2 heterocycles. The van der Waals surface area contributed by atoms with E-state index in [0.717, 1.165) is 23.5 Å². The van der Waals surface area contributed by atoms with E-state index in [0.29, 0.717) is 11.1 Å². The van der Waals surface area contributed by atoms with E-state index in [9.17, 15) is 9.59 Å². The molecule has 104 valence electrons. The Hall–Kier alpha value is -1.88. The molecule has 0 radical (unpaired) electrons.